The van der Waals surface area contributed by atoms with E-state index in [4.69, 9.17) is 9.84 Å². The summed E-state index contributed by atoms with van der Waals surface area (Å²) < 4.78 is 5.28. The first-order valence-electron chi connectivity index (χ1n) is 6.74. The Balaban J connectivity index is 2.58. The number of carbonyl (C=O) groups excluding carboxylic acids is 1. The van der Waals surface area contributed by atoms with E-state index < -0.39 is 0 Å². The van der Waals surface area contributed by atoms with Crippen molar-refractivity contribution in [2.45, 2.75) is 26.7 Å². The van der Waals surface area contributed by atoms with Crippen molar-refractivity contribution < 1.29 is 14.6 Å². The molecule has 0 heterocycles. The van der Waals surface area contributed by atoms with Crippen molar-refractivity contribution in [3.05, 3.63) is 29.3 Å². The summed E-state index contributed by atoms with van der Waals surface area (Å²) in [6.07, 6.45) is 1.29. The van der Waals surface area contributed by atoms with Gasteiger partial charge in [0, 0.05) is 17.9 Å². The number of amides is 1. The van der Waals surface area contributed by atoms with Gasteiger partial charge in [0.1, 0.15) is 6.61 Å². The Bertz CT molecular complexity index is 500. The molecule has 0 aliphatic carbocycles. The van der Waals surface area contributed by atoms with Gasteiger partial charge in [0.25, 0.3) is 0 Å². The van der Waals surface area contributed by atoms with E-state index in [-0.39, 0.29) is 12.5 Å². The zero-order chi connectivity index (χ0) is 14.8. The van der Waals surface area contributed by atoms with E-state index >= 15 is 0 Å². The van der Waals surface area contributed by atoms with Crippen molar-refractivity contribution in [1.82, 2.24) is 0 Å². The molecule has 0 aliphatic heterocycles. The van der Waals surface area contributed by atoms with Crippen molar-refractivity contribution in [2.75, 3.05) is 25.1 Å². The molecule has 0 radical (unpaired) electrons. The summed E-state index contributed by atoms with van der Waals surface area (Å²) in [5, 5.41) is 11.5. The highest BCUT2D eigenvalue weighted by molar-refractivity contribution is 5.91. The van der Waals surface area contributed by atoms with Gasteiger partial charge in [-0.05, 0) is 37.1 Å². The molecule has 0 fully saturated rings. The predicted molar refractivity (Wildman–Crippen MR) is 79.5 cm³/mol. The number of anilines is 1. The molecule has 0 aliphatic rings. The van der Waals surface area contributed by atoms with Gasteiger partial charge >= 0.3 is 0 Å². The number of hydrogen-bond acceptors (Lipinski definition) is 3. The Hall–Kier alpha value is -1.83. The fraction of sp³-hybridized carbons (Fsp3) is 0.438. The summed E-state index contributed by atoms with van der Waals surface area (Å²) >= 11 is 0. The third-order valence-electron chi connectivity index (χ3n) is 2.49. The van der Waals surface area contributed by atoms with Crippen LogP contribution in [0.15, 0.2) is 18.2 Å². The third-order valence-corrected chi connectivity index (χ3v) is 2.49. The fourth-order valence-electron chi connectivity index (χ4n) is 1.70. The Morgan fingerprint density at radius 2 is 2.15 bits per heavy atom. The second-order valence-corrected chi connectivity index (χ2v) is 4.46. The Labute approximate surface area is 120 Å². The van der Waals surface area contributed by atoms with Crippen molar-refractivity contribution >= 4 is 11.6 Å². The Morgan fingerprint density at radius 1 is 1.35 bits per heavy atom. The smallest absolute Gasteiger partial charge is 0.226 e. The zero-order valence-electron chi connectivity index (χ0n) is 12.0. The van der Waals surface area contributed by atoms with Crippen LogP contribution >= 0.6 is 0 Å². The largest absolute Gasteiger partial charge is 0.384 e. The normalized spacial score (nSPS) is 9.75. The second kappa shape index (κ2) is 9.13. The second-order valence-electron chi connectivity index (χ2n) is 4.46. The highest BCUT2D eigenvalue weighted by Crippen LogP contribution is 2.14. The van der Waals surface area contributed by atoms with Crippen LogP contribution < -0.4 is 5.32 Å². The summed E-state index contributed by atoms with van der Waals surface area (Å²) in [6, 6.07) is 5.58. The SMILES string of the molecule is CCCOCCC(=O)Nc1cc(C)cc(C#CCO)c1. The molecule has 0 saturated carbocycles. The molecule has 4 heteroatoms. The lowest BCUT2D eigenvalue weighted by Gasteiger charge is -2.07. The van der Waals surface area contributed by atoms with Gasteiger partial charge in [-0.1, -0.05) is 18.8 Å². The van der Waals surface area contributed by atoms with E-state index in [1.165, 1.54) is 0 Å². The Kier molecular flexibility index (Phi) is 7.41. The number of aliphatic hydroxyl groups excluding tert-OH is 1. The molecule has 0 unspecified atom stereocenters. The molecule has 108 valence electrons. The summed E-state index contributed by atoms with van der Waals surface area (Å²) in [4.78, 5) is 11.7. The van der Waals surface area contributed by atoms with E-state index in [1.54, 1.807) is 6.07 Å². The van der Waals surface area contributed by atoms with Crippen LogP contribution in [0.4, 0.5) is 5.69 Å². The third kappa shape index (κ3) is 6.37. The maximum atomic E-state index is 11.7. The van der Waals surface area contributed by atoms with Gasteiger partial charge in [-0.15, -0.1) is 0 Å². The molecule has 1 rings (SSSR count). The lowest BCUT2D eigenvalue weighted by molar-refractivity contribution is -0.117. The van der Waals surface area contributed by atoms with E-state index in [0.29, 0.717) is 25.3 Å². The minimum Gasteiger partial charge on any atom is -0.384 e. The number of carbonyl (C=O) groups is 1. The average Bonchev–Trinajstić information content (AvgIpc) is 2.41. The summed E-state index contributed by atoms with van der Waals surface area (Å²) in [7, 11) is 0. The number of hydrogen-bond donors (Lipinski definition) is 2. The number of ether oxygens (including phenoxy) is 1. The molecule has 0 aromatic heterocycles. The minimum atomic E-state index is -0.176. The van der Waals surface area contributed by atoms with Crippen molar-refractivity contribution in [3.8, 4) is 11.8 Å². The number of aliphatic hydroxyl groups is 1. The van der Waals surface area contributed by atoms with Crippen LogP contribution in [0.1, 0.15) is 30.9 Å². The standard InChI is InChI=1S/C16H21NO3/c1-3-8-20-9-6-16(19)17-15-11-13(2)10-14(12-15)5-4-7-18/h10-12,18H,3,6-9H2,1-2H3,(H,17,19). The highest BCUT2D eigenvalue weighted by Gasteiger charge is 2.03. The number of aryl methyl sites for hydroxylation is 1. The molecular weight excluding hydrogens is 254 g/mol. The van der Waals surface area contributed by atoms with Crippen molar-refractivity contribution in [2.24, 2.45) is 0 Å². The lowest BCUT2D eigenvalue weighted by atomic mass is 10.1. The van der Waals surface area contributed by atoms with Gasteiger partial charge in [0.05, 0.1) is 13.0 Å². The molecule has 0 atom stereocenters. The molecule has 1 aromatic rings. The molecule has 4 nitrogen and oxygen atoms in total. The van der Waals surface area contributed by atoms with Gasteiger partial charge in [-0.3, -0.25) is 4.79 Å². The Morgan fingerprint density at radius 3 is 2.85 bits per heavy atom. The molecule has 2 N–H and O–H groups in total. The summed E-state index contributed by atoms with van der Waals surface area (Å²) in [6.45, 7) is 4.90. The van der Waals surface area contributed by atoms with Crippen LogP contribution in [-0.2, 0) is 9.53 Å². The van der Waals surface area contributed by atoms with Gasteiger partial charge in [-0.25, -0.2) is 0 Å². The zero-order valence-corrected chi connectivity index (χ0v) is 12.0. The van der Waals surface area contributed by atoms with E-state index in [9.17, 15) is 4.79 Å². The van der Waals surface area contributed by atoms with E-state index in [1.807, 2.05) is 26.0 Å². The quantitative estimate of drug-likeness (QED) is 0.617. The molecule has 1 amide bonds. The molecule has 0 spiro atoms. The maximum Gasteiger partial charge on any atom is 0.226 e. The molecule has 1 aromatic carbocycles. The van der Waals surface area contributed by atoms with Gasteiger partial charge < -0.3 is 15.2 Å². The van der Waals surface area contributed by atoms with E-state index in [0.717, 1.165) is 17.5 Å². The first-order chi connectivity index (χ1) is 9.65. The minimum absolute atomic E-state index is 0.0761. The predicted octanol–water partition coefficient (Wildman–Crippen LogP) is 2.09. The number of nitrogens with one attached hydrogen (secondary N) is 1. The number of benzene rings is 1. The van der Waals surface area contributed by atoms with Crippen LogP contribution in [0.2, 0.25) is 0 Å². The molecule has 20 heavy (non-hydrogen) atoms. The first-order valence-corrected chi connectivity index (χ1v) is 6.74. The van der Waals surface area contributed by atoms with Crippen LogP contribution in [0.25, 0.3) is 0 Å². The fourth-order valence-corrected chi connectivity index (χ4v) is 1.70. The van der Waals surface area contributed by atoms with Gasteiger partial charge in [0.15, 0.2) is 0 Å². The van der Waals surface area contributed by atoms with Crippen LogP contribution in [-0.4, -0.2) is 30.8 Å². The molecule has 0 saturated heterocycles. The highest BCUT2D eigenvalue weighted by atomic mass is 16.5. The monoisotopic (exact) mass is 275 g/mol. The van der Waals surface area contributed by atoms with Crippen LogP contribution in [0.5, 0.6) is 0 Å². The van der Waals surface area contributed by atoms with Gasteiger partial charge in [-0.2, -0.15) is 0 Å². The van der Waals surface area contributed by atoms with E-state index in [2.05, 4.69) is 17.2 Å². The number of rotatable bonds is 6. The summed E-state index contributed by atoms with van der Waals surface area (Å²) in [5.41, 5.74) is 2.50. The molecule has 0 bridgehead atoms. The van der Waals surface area contributed by atoms with Gasteiger partial charge in [0.2, 0.25) is 5.91 Å². The lowest BCUT2D eigenvalue weighted by Crippen LogP contribution is -2.14. The summed E-state index contributed by atoms with van der Waals surface area (Å²) in [5.74, 6) is 5.35. The molecular formula is C16H21NO3. The topological polar surface area (TPSA) is 58.6 Å². The first kappa shape index (κ1) is 16.2. The average molecular weight is 275 g/mol. The van der Waals surface area contributed by atoms with Crippen molar-refractivity contribution in [1.29, 1.82) is 0 Å². The van der Waals surface area contributed by atoms with Crippen LogP contribution in [0.3, 0.4) is 0 Å². The maximum absolute atomic E-state index is 11.7. The van der Waals surface area contributed by atoms with Crippen LogP contribution in [0, 0.1) is 18.8 Å². The van der Waals surface area contributed by atoms with Crippen molar-refractivity contribution in [3.63, 3.8) is 0 Å².